The van der Waals surface area contributed by atoms with E-state index in [1.165, 1.54) is 4.57 Å². The number of benzene rings is 2. The lowest BCUT2D eigenvalue weighted by molar-refractivity contribution is 0.220. The second-order valence-electron chi connectivity index (χ2n) is 4.76. The zero-order valence-corrected chi connectivity index (χ0v) is 13.4. The van der Waals surface area contributed by atoms with Gasteiger partial charge in [0.05, 0.1) is 5.52 Å². The van der Waals surface area contributed by atoms with Crippen LogP contribution in [0.2, 0.25) is 5.02 Å². The normalized spacial score (nSPS) is 12.8. The Morgan fingerprint density at radius 3 is 2.71 bits per heavy atom. The van der Waals surface area contributed by atoms with Crippen molar-refractivity contribution in [1.82, 2.24) is 4.57 Å². The van der Waals surface area contributed by atoms with E-state index in [9.17, 15) is 9.90 Å². The van der Waals surface area contributed by atoms with Crippen LogP contribution in [0.1, 0.15) is 17.2 Å². The minimum atomic E-state index is -0.852. The first-order valence-corrected chi connectivity index (χ1v) is 7.36. The van der Waals surface area contributed by atoms with Crippen molar-refractivity contribution in [2.24, 2.45) is 7.05 Å². The molecule has 0 fully saturated rings. The van der Waals surface area contributed by atoms with Gasteiger partial charge in [0.25, 0.3) is 0 Å². The molecule has 0 bridgehead atoms. The first kappa shape index (κ1) is 14.4. The molecule has 1 aromatic heterocycles. The van der Waals surface area contributed by atoms with Gasteiger partial charge < -0.3 is 9.52 Å². The van der Waals surface area contributed by atoms with Crippen LogP contribution in [0.15, 0.2) is 50.1 Å². The van der Waals surface area contributed by atoms with Crippen molar-refractivity contribution < 1.29 is 9.52 Å². The zero-order valence-electron chi connectivity index (χ0n) is 11.0. The Balaban J connectivity index is 2.08. The fourth-order valence-corrected chi connectivity index (χ4v) is 3.13. The van der Waals surface area contributed by atoms with E-state index < -0.39 is 11.9 Å². The fraction of sp³-hybridized carbons (Fsp3) is 0.133. The van der Waals surface area contributed by atoms with Crippen molar-refractivity contribution in [3.8, 4) is 0 Å². The van der Waals surface area contributed by atoms with Gasteiger partial charge in [-0.25, -0.2) is 4.79 Å². The SMILES string of the molecule is Cn1c(=O)oc2cc(C(O)c3cc(Cl)cc(Br)c3)ccc21. The molecule has 1 N–H and O–H groups in total. The molecule has 0 saturated carbocycles. The number of rotatable bonds is 2. The molecule has 0 aliphatic heterocycles. The monoisotopic (exact) mass is 367 g/mol. The zero-order chi connectivity index (χ0) is 15.1. The van der Waals surface area contributed by atoms with E-state index in [-0.39, 0.29) is 0 Å². The van der Waals surface area contributed by atoms with E-state index in [2.05, 4.69) is 15.9 Å². The Morgan fingerprint density at radius 1 is 1.24 bits per heavy atom. The number of oxazole rings is 1. The molecule has 0 saturated heterocycles. The third-order valence-electron chi connectivity index (χ3n) is 3.33. The van der Waals surface area contributed by atoms with Gasteiger partial charge in [-0.15, -0.1) is 0 Å². The summed E-state index contributed by atoms with van der Waals surface area (Å²) in [6.07, 6.45) is -0.852. The van der Waals surface area contributed by atoms with Gasteiger partial charge in [0, 0.05) is 16.5 Å². The first-order chi connectivity index (χ1) is 9.95. The molecule has 108 valence electrons. The Hall–Kier alpha value is -1.56. The summed E-state index contributed by atoms with van der Waals surface area (Å²) in [6, 6.07) is 10.4. The summed E-state index contributed by atoms with van der Waals surface area (Å²) >= 11 is 9.34. The molecule has 0 radical (unpaired) electrons. The van der Waals surface area contributed by atoms with E-state index in [1.54, 1.807) is 43.4 Å². The standard InChI is InChI=1S/C15H11BrClNO3/c1-18-12-3-2-8(6-13(12)21-15(18)20)14(19)9-4-10(16)7-11(17)5-9/h2-7,14,19H,1H3. The second-order valence-corrected chi connectivity index (χ2v) is 6.11. The summed E-state index contributed by atoms with van der Waals surface area (Å²) in [5.41, 5.74) is 2.42. The summed E-state index contributed by atoms with van der Waals surface area (Å²) in [5.74, 6) is -0.429. The molecule has 6 heteroatoms. The molecular formula is C15H11BrClNO3. The summed E-state index contributed by atoms with van der Waals surface area (Å²) in [5, 5.41) is 11.0. The summed E-state index contributed by atoms with van der Waals surface area (Å²) < 4.78 is 7.34. The van der Waals surface area contributed by atoms with Gasteiger partial charge in [0.2, 0.25) is 0 Å². The maximum Gasteiger partial charge on any atom is 0.419 e. The predicted molar refractivity (Wildman–Crippen MR) is 84.7 cm³/mol. The lowest BCUT2D eigenvalue weighted by Crippen LogP contribution is -2.08. The number of aromatic nitrogens is 1. The van der Waals surface area contributed by atoms with Crippen LogP contribution in [0.5, 0.6) is 0 Å². The van der Waals surface area contributed by atoms with E-state index in [1.807, 2.05) is 0 Å². The minimum Gasteiger partial charge on any atom is -0.408 e. The Morgan fingerprint density at radius 2 is 2.00 bits per heavy atom. The Labute approximate surface area is 133 Å². The lowest BCUT2D eigenvalue weighted by Gasteiger charge is -2.12. The smallest absolute Gasteiger partial charge is 0.408 e. The molecule has 21 heavy (non-hydrogen) atoms. The lowest BCUT2D eigenvalue weighted by atomic mass is 10.0. The van der Waals surface area contributed by atoms with Gasteiger partial charge in [-0.3, -0.25) is 4.57 Å². The summed E-state index contributed by atoms with van der Waals surface area (Å²) in [7, 11) is 1.64. The maximum absolute atomic E-state index is 11.5. The van der Waals surface area contributed by atoms with Crippen molar-refractivity contribution in [2.75, 3.05) is 0 Å². The maximum atomic E-state index is 11.5. The molecule has 0 spiro atoms. The molecule has 0 aliphatic rings. The molecule has 0 aliphatic carbocycles. The highest BCUT2D eigenvalue weighted by Crippen LogP contribution is 2.29. The highest BCUT2D eigenvalue weighted by molar-refractivity contribution is 9.10. The van der Waals surface area contributed by atoms with Crippen molar-refractivity contribution in [3.63, 3.8) is 0 Å². The number of aliphatic hydroxyl groups excluding tert-OH is 1. The number of hydrogen-bond donors (Lipinski definition) is 1. The number of hydrogen-bond acceptors (Lipinski definition) is 3. The Bertz CT molecular complexity index is 864. The minimum absolute atomic E-state index is 0.429. The van der Waals surface area contributed by atoms with Crippen molar-refractivity contribution in [2.45, 2.75) is 6.10 Å². The average Bonchev–Trinajstić information content (AvgIpc) is 2.71. The van der Waals surface area contributed by atoms with E-state index in [0.29, 0.717) is 27.2 Å². The number of nitrogens with zero attached hydrogens (tertiary/aromatic N) is 1. The molecule has 1 unspecified atom stereocenters. The number of fused-ring (bicyclic) bond motifs is 1. The quantitative estimate of drug-likeness (QED) is 0.751. The highest BCUT2D eigenvalue weighted by atomic mass is 79.9. The van der Waals surface area contributed by atoms with Crippen LogP contribution in [-0.2, 0) is 7.05 Å². The first-order valence-electron chi connectivity index (χ1n) is 6.19. The molecule has 3 aromatic rings. The second kappa shape index (κ2) is 5.33. The molecule has 4 nitrogen and oxygen atoms in total. The summed E-state index contributed by atoms with van der Waals surface area (Å²) in [6.45, 7) is 0. The third kappa shape index (κ3) is 2.64. The average molecular weight is 369 g/mol. The van der Waals surface area contributed by atoms with Crippen LogP contribution < -0.4 is 5.76 Å². The van der Waals surface area contributed by atoms with Gasteiger partial charge in [-0.1, -0.05) is 33.6 Å². The van der Waals surface area contributed by atoms with Crippen LogP contribution in [0, 0.1) is 0 Å². The topological polar surface area (TPSA) is 55.4 Å². The van der Waals surface area contributed by atoms with Gasteiger partial charge in [0.1, 0.15) is 6.10 Å². The number of halogens is 2. The number of aliphatic hydroxyl groups is 1. The number of aryl methyl sites for hydroxylation is 1. The molecular weight excluding hydrogens is 358 g/mol. The van der Waals surface area contributed by atoms with Gasteiger partial charge >= 0.3 is 5.76 Å². The van der Waals surface area contributed by atoms with E-state index in [4.69, 9.17) is 16.0 Å². The van der Waals surface area contributed by atoms with Crippen molar-refractivity contribution in [3.05, 3.63) is 67.6 Å². The third-order valence-corrected chi connectivity index (χ3v) is 4.01. The van der Waals surface area contributed by atoms with E-state index >= 15 is 0 Å². The van der Waals surface area contributed by atoms with Crippen LogP contribution in [0.4, 0.5) is 0 Å². The fourth-order valence-electron chi connectivity index (χ4n) is 2.25. The van der Waals surface area contributed by atoms with Gasteiger partial charge in [0.15, 0.2) is 5.58 Å². The molecule has 3 rings (SSSR count). The van der Waals surface area contributed by atoms with Gasteiger partial charge in [-0.2, -0.15) is 0 Å². The Kier molecular flexibility index (Phi) is 3.65. The summed E-state index contributed by atoms with van der Waals surface area (Å²) in [4.78, 5) is 11.5. The molecule has 1 heterocycles. The van der Waals surface area contributed by atoms with Crippen molar-refractivity contribution in [1.29, 1.82) is 0 Å². The predicted octanol–water partition coefficient (Wildman–Crippen LogP) is 3.63. The highest BCUT2D eigenvalue weighted by Gasteiger charge is 2.14. The van der Waals surface area contributed by atoms with Crippen LogP contribution >= 0.6 is 27.5 Å². The van der Waals surface area contributed by atoms with E-state index in [0.717, 1.165) is 4.47 Å². The van der Waals surface area contributed by atoms with Crippen LogP contribution in [0.25, 0.3) is 11.1 Å². The van der Waals surface area contributed by atoms with Crippen molar-refractivity contribution >= 4 is 38.6 Å². The molecule has 0 amide bonds. The van der Waals surface area contributed by atoms with Crippen LogP contribution in [0.3, 0.4) is 0 Å². The van der Waals surface area contributed by atoms with Gasteiger partial charge in [-0.05, 0) is 41.5 Å². The molecule has 1 atom stereocenters. The largest absolute Gasteiger partial charge is 0.419 e. The van der Waals surface area contributed by atoms with Crippen LogP contribution in [-0.4, -0.2) is 9.67 Å². The molecule has 2 aromatic carbocycles.